The maximum absolute atomic E-state index is 6.98. The minimum Gasteiger partial charge on any atom is -0.455 e. The topological polar surface area (TPSA) is 16.4 Å². The van der Waals surface area contributed by atoms with Crippen molar-refractivity contribution >= 4 is 39.0 Å². The van der Waals surface area contributed by atoms with E-state index in [1.54, 1.807) is 0 Å². The molecule has 284 valence electrons. The summed E-state index contributed by atoms with van der Waals surface area (Å²) >= 11 is 0. The third-order valence-electron chi connectivity index (χ3n) is 13.1. The van der Waals surface area contributed by atoms with Gasteiger partial charge in [0.05, 0.1) is 0 Å². The fourth-order valence-corrected chi connectivity index (χ4v) is 9.77. The lowest BCUT2D eigenvalue weighted by Gasteiger charge is -2.31. The number of para-hydroxylation sites is 1. The summed E-state index contributed by atoms with van der Waals surface area (Å²) < 4.78 is 6.98. The zero-order chi connectivity index (χ0) is 39.9. The minimum absolute atomic E-state index is 0.0542. The molecule has 0 unspecified atom stereocenters. The van der Waals surface area contributed by atoms with Crippen LogP contribution in [-0.4, -0.2) is 0 Å². The monoisotopic (exact) mass is 735 g/mol. The maximum Gasteiger partial charge on any atom is 0.139 e. The highest BCUT2D eigenvalue weighted by Gasteiger charge is 2.39. The predicted octanol–water partition coefficient (Wildman–Crippen LogP) is 15.6. The van der Waals surface area contributed by atoms with Crippen LogP contribution < -0.4 is 4.90 Å². The minimum atomic E-state index is -0.163. The van der Waals surface area contributed by atoms with Crippen LogP contribution >= 0.6 is 0 Å². The lowest BCUT2D eigenvalue weighted by molar-refractivity contribution is 0.557. The second-order valence-electron chi connectivity index (χ2n) is 20.8. The fraction of sp³-hybridized carbons (Fsp3) is 0.333. The largest absolute Gasteiger partial charge is 0.455 e. The third kappa shape index (κ3) is 5.35. The Morgan fingerprint density at radius 3 is 1.52 bits per heavy atom. The van der Waals surface area contributed by atoms with Crippen LogP contribution in [0.2, 0.25) is 0 Å². The summed E-state index contributed by atoms with van der Waals surface area (Å²) in [7, 11) is 0. The Bertz CT molecular complexity index is 2750. The van der Waals surface area contributed by atoms with Crippen LogP contribution in [0.5, 0.6) is 0 Å². The summed E-state index contributed by atoms with van der Waals surface area (Å²) in [5.74, 6) is 0. The predicted molar refractivity (Wildman–Crippen MR) is 240 cm³/mol. The van der Waals surface area contributed by atoms with Crippen molar-refractivity contribution in [2.24, 2.45) is 0 Å². The molecule has 2 aliphatic carbocycles. The summed E-state index contributed by atoms with van der Waals surface area (Å²) in [5, 5.41) is 2.33. The van der Waals surface area contributed by atoms with E-state index in [1.807, 2.05) is 0 Å². The normalized spacial score (nSPS) is 15.5. The van der Waals surface area contributed by atoms with E-state index in [0.29, 0.717) is 0 Å². The second kappa shape index (κ2) is 11.7. The molecule has 1 aromatic heterocycles. The van der Waals surface area contributed by atoms with Crippen LogP contribution in [0.1, 0.15) is 129 Å². The smallest absolute Gasteiger partial charge is 0.139 e. The first kappa shape index (κ1) is 36.6. The van der Waals surface area contributed by atoms with Gasteiger partial charge in [0, 0.05) is 49.8 Å². The van der Waals surface area contributed by atoms with Crippen molar-refractivity contribution in [3.05, 3.63) is 148 Å². The van der Waals surface area contributed by atoms with Gasteiger partial charge in [0.25, 0.3) is 0 Å². The van der Waals surface area contributed by atoms with E-state index < -0.39 is 0 Å². The first-order chi connectivity index (χ1) is 26.2. The Hall–Kier alpha value is -5.08. The summed E-state index contributed by atoms with van der Waals surface area (Å²) in [6, 6.07) is 41.9. The van der Waals surface area contributed by atoms with Gasteiger partial charge >= 0.3 is 0 Å². The van der Waals surface area contributed by atoms with Gasteiger partial charge in [0.2, 0.25) is 0 Å². The zero-order valence-corrected chi connectivity index (χ0v) is 35.7. The molecule has 56 heavy (non-hydrogen) atoms. The van der Waals surface area contributed by atoms with E-state index >= 15 is 0 Å². The molecule has 0 fully saturated rings. The number of anilines is 3. The molecule has 7 aromatic rings. The average Bonchev–Trinajstić information content (AvgIpc) is 3.69. The molecule has 2 nitrogen and oxygen atoms in total. The van der Waals surface area contributed by atoms with Crippen LogP contribution in [-0.2, 0) is 27.1 Å². The average molecular weight is 736 g/mol. The molecule has 0 atom stereocenters. The molecule has 0 saturated carbocycles. The molecule has 2 heteroatoms. The first-order valence-corrected chi connectivity index (χ1v) is 20.5. The summed E-state index contributed by atoms with van der Waals surface area (Å²) in [6.45, 7) is 30.3. The number of benzene rings is 6. The fourth-order valence-electron chi connectivity index (χ4n) is 9.77. The van der Waals surface area contributed by atoms with Crippen molar-refractivity contribution in [1.82, 2.24) is 0 Å². The molecule has 1 heterocycles. The molecule has 6 aromatic carbocycles. The number of hydrogen-bond acceptors (Lipinski definition) is 2. The second-order valence-corrected chi connectivity index (χ2v) is 20.8. The molecule has 0 amide bonds. The van der Waals surface area contributed by atoms with E-state index in [1.165, 1.54) is 66.6 Å². The quantitative estimate of drug-likeness (QED) is 0.180. The van der Waals surface area contributed by atoms with E-state index in [9.17, 15) is 0 Å². The molecule has 0 bridgehead atoms. The first-order valence-electron chi connectivity index (χ1n) is 20.5. The molecule has 0 radical (unpaired) electrons. The van der Waals surface area contributed by atoms with E-state index in [0.717, 1.165) is 33.6 Å². The van der Waals surface area contributed by atoms with Gasteiger partial charge in [0.1, 0.15) is 11.2 Å². The van der Waals surface area contributed by atoms with Gasteiger partial charge in [-0.2, -0.15) is 0 Å². The van der Waals surface area contributed by atoms with Crippen LogP contribution in [0.4, 0.5) is 17.1 Å². The van der Waals surface area contributed by atoms with Crippen molar-refractivity contribution in [3.8, 4) is 22.3 Å². The molecular weight excluding hydrogens is 679 g/mol. The highest BCUT2D eigenvalue weighted by atomic mass is 16.3. The summed E-state index contributed by atoms with van der Waals surface area (Å²) in [5.41, 5.74) is 19.8. The molecule has 9 rings (SSSR count). The Kier molecular flexibility index (Phi) is 7.66. The Balaban J connectivity index is 1.31. The van der Waals surface area contributed by atoms with Crippen molar-refractivity contribution < 1.29 is 4.42 Å². The number of furan rings is 1. The Morgan fingerprint density at radius 2 is 0.929 bits per heavy atom. The van der Waals surface area contributed by atoms with E-state index in [2.05, 4.69) is 204 Å². The van der Waals surface area contributed by atoms with Gasteiger partial charge in [0.15, 0.2) is 0 Å². The van der Waals surface area contributed by atoms with Gasteiger partial charge in [-0.1, -0.05) is 163 Å². The summed E-state index contributed by atoms with van der Waals surface area (Å²) in [4.78, 5) is 2.51. The van der Waals surface area contributed by atoms with Gasteiger partial charge in [-0.3, -0.25) is 0 Å². The summed E-state index contributed by atoms with van der Waals surface area (Å²) in [6.07, 6.45) is 0. The molecular formula is C54H57NO. The molecule has 0 aliphatic heterocycles. The molecule has 0 spiro atoms. The van der Waals surface area contributed by atoms with Gasteiger partial charge in [-0.15, -0.1) is 0 Å². The zero-order valence-electron chi connectivity index (χ0n) is 35.7. The highest BCUT2D eigenvalue weighted by Crippen LogP contribution is 2.54. The number of hydrogen-bond donors (Lipinski definition) is 0. The number of fused-ring (bicyclic) bond motifs is 9. The lowest BCUT2D eigenvalue weighted by atomic mass is 9.79. The van der Waals surface area contributed by atoms with Crippen LogP contribution in [0.15, 0.2) is 114 Å². The van der Waals surface area contributed by atoms with Crippen molar-refractivity contribution in [3.63, 3.8) is 0 Å². The van der Waals surface area contributed by atoms with Crippen LogP contribution in [0.25, 0.3) is 44.2 Å². The lowest BCUT2D eigenvalue weighted by Crippen LogP contribution is -2.19. The van der Waals surface area contributed by atoms with Crippen LogP contribution in [0, 0.1) is 0 Å². The number of rotatable bonds is 3. The standard InChI is InChI=1S/C54H57NO/c1-50(2,3)32-21-24-37-39-26-23-34(30-46(39)54(12,13)44(37)27-32)55(33-22-25-38-36-17-14-15-19-42(36)53(10,11)45(38)29-33)35-28-41-40-18-16-20-43(51(4,5)6)48(40)56-49(41)47(31-35)52(7,8)9/h14-31H,1-13H3. The number of nitrogens with zero attached hydrogens (tertiary/aromatic N) is 1. The Labute approximate surface area is 334 Å². The van der Waals surface area contributed by atoms with E-state index in [4.69, 9.17) is 4.42 Å². The SMILES string of the molecule is CC(C)(C)c1ccc2c(c1)C(C)(C)c1cc(N(c3ccc4c(c3)C(C)(C)c3ccccc3-4)c3cc(C(C)(C)C)c4oc5c(C(C)(C)C)cccc5c4c3)ccc1-2. The highest BCUT2D eigenvalue weighted by molar-refractivity contribution is 6.09. The van der Waals surface area contributed by atoms with Crippen molar-refractivity contribution in [2.75, 3.05) is 4.90 Å². The van der Waals surface area contributed by atoms with Gasteiger partial charge in [-0.05, 0) is 103 Å². The van der Waals surface area contributed by atoms with Crippen LogP contribution in [0.3, 0.4) is 0 Å². The molecule has 0 N–H and O–H groups in total. The molecule has 2 aliphatic rings. The third-order valence-corrected chi connectivity index (χ3v) is 13.1. The Morgan fingerprint density at radius 1 is 0.411 bits per heavy atom. The maximum atomic E-state index is 6.98. The van der Waals surface area contributed by atoms with Crippen molar-refractivity contribution in [1.29, 1.82) is 0 Å². The van der Waals surface area contributed by atoms with Gasteiger partial charge < -0.3 is 9.32 Å². The van der Waals surface area contributed by atoms with Crippen molar-refractivity contribution in [2.45, 2.75) is 117 Å². The molecule has 0 saturated heterocycles. The van der Waals surface area contributed by atoms with E-state index in [-0.39, 0.29) is 27.1 Å². The van der Waals surface area contributed by atoms with Gasteiger partial charge in [-0.25, -0.2) is 0 Å².